The first kappa shape index (κ1) is 7.92. The van der Waals surface area contributed by atoms with Crippen LogP contribution in [0.15, 0.2) is 37.0 Å². The molecule has 1 aliphatic heterocycles. The summed E-state index contributed by atoms with van der Waals surface area (Å²) in [5.74, 6) is 0.907. The fraction of sp³-hybridized carbons (Fsp3) is 0.333. The van der Waals surface area contributed by atoms with Gasteiger partial charge in [0, 0.05) is 0 Å². The van der Waals surface area contributed by atoms with Crippen molar-refractivity contribution < 1.29 is 4.74 Å². The summed E-state index contributed by atoms with van der Waals surface area (Å²) in [5, 5.41) is 3.11. The molecule has 0 bridgehead atoms. The van der Waals surface area contributed by atoms with Crippen LogP contribution >= 0.6 is 0 Å². The molecule has 2 nitrogen and oxygen atoms in total. The second-order valence-corrected chi connectivity index (χ2v) is 2.81. The van der Waals surface area contributed by atoms with E-state index in [9.17, 15) is 0 Å². The molecule has 0 aromatic rings. The van der Waals surface area contributed by atoms with Crippen LogP contribution in [0.3, 0.4) is 0 Å². The maximum atomic E-state index is 5.13. The summed E-state index contributed by atoms with van der Waals surface area (Å²) in [5.41, 5.74) is -0.135. The SMILES string of the molecule is C=CNC1(C)C=COC(C)=C1. The summed E-state index contributed by atoms with van der Waals surface area (Å²) >= 11 is 0. The number of nitrogens with one attached hydrogen (secondary N) is 1. The van der Waals surface area contributed by atoms with Gasteiger partial charge in [0.25, 0.3) is 0 Å². The monoisotopic (exact) mass is 151 g/mol. The third kappa shape index (κ3) is 1.87. The van der Waals surface area contributed by atoms with Gasteiger partial charge >= 0.3 is 0 Å². The lowest BCUT2D eigenvalue weighted by molar-refractivity contribution is 0.326. The molecule has 0 amide bonds. The largest absolute Gasteiger partial charge is 0.470 e. The van der Waals surface area contributed by atoms with E-state index in [-0.39, 0.29) is 5.54 Å². The lowest BCUT2D eigenvalue weighted by Gasteiger charge is -2.25. The fourth-order valence-corrected chi connectivity index (χ4v) is 1.10. The highest BCUT2D eigenvalue weighted by molar-refractivity contribution is 5.21. The Balaban J connectivity index is 2.76. The average molecular weight is 151 g/mol. The Morgan fingerprint density at radius 1 is 1.73 bits per heavy atom. The van der Waals surface area contributed by atoms with Crippen molar-refractivity contribution >= 4 is 0 Å². The van der Waals surface area contributed by atoms with Crippen LogP contribution < -0.4 is 5.32 Å². The van der Waals surface area contributed by atoms with Gasteiger partial charge in [0.2, 0.25) is 0 Å². The second-order valence-electron chi connectivity index (χ2n) is 2.81. The van der Waals surface area contributed by atoms with Gasteiger partial charge in [0.1, 0.15) is 0 Å². The molecule has 11 heavy (non-hydrogen) atoms. The van der Waals surface area contributed by atoms with E-state index in [2.05, 4.69) is 18.8 Å². The minimum Gasteiger partial charge on any atom is -0.470 e. The van der Waals surface area contributed by atoms with Crippen LogP contribution in [0.5, 0.6) is 0 Å². The molecule has 1 unspecified atom stereocenters. The molecule has 0 radical (unpaired) electrons. The van der Waals surface area contributed by atoms with E-state index in [0.717, 1.165) is 5.76 Å². The topological polar surface area (TPSA) is 21.3 Å². The average Bonchev–Trinajstić information content (AvgIpc) is 1.86. The van der Waals surface area contributed by atoms with Crippen molar-refractivity contribution in [2.45, 2.75) is 19.4 Å². The maximum absolute atomic E-state index is 5.13. The predicted molar refractivity (Wildman–Crippen MR) is 45.7 cm³/mol. The quantitative estimate of drug-likeness (QED) is 0.651. The molecule has 1 atom stereocenters. The van der Waals surface area contributed by atoms with Crippen LogP contribution in [0.25, 0.3) is 0 Å². The summed E-state index contributed by atoms with van der Waals surface area (Å²) in [7, 11) is 0. The van der Waals surface area contributed by atoms with Gasteiger partial charge in [0.15, 0.2) is 0 Å². The molecule has 1 rings (SSSR count). The standard InChI is InChI=1S/C9H13NO/c1-4-10-9(3)5-6-11-8(2)7-9/h4-7,10H,1H2,2-3H3. The van der Waals surface area contributed by atoms with Gasteiger partial charge in [-0.2, -0.15) is 0 Å². The van der Waals surface area contributed by atoms with Crippen molar-refractivity contribution in [1.82, 2.24) is 5.32 Å². The van der Waals surface area contributed by atoms with E-state index in [1.54, 1.807) is 12.5 Å². The van der Waals surface area contributed by atoms with Gasteiger partial charge in [-0.3, -0.25) is 0 Å². The zero-order chi connectivity index (χ0) is 8.32. The highest BCUT2D eigenvalue weighted by Crippen LogP contribution is 2.17. The molecule has 2 heteroatoms. The molecule has 0 spiro atoms. The molecule has 1 N–H and O–H groups in total. The van der Waals surface area contributed by atoms with Crippen molar-refractivity contribution in [2.75, 3.05) is 0 Å². The van der Waals surface area contributed by atoms with Crippen LogP contribution in [0.1, 0.15) is 13.8 Å². The smallest absolute Gasteiger partial charge is 0.0987 e. The van der Waals surface area contributed by atoms with Crippen molar-refractivity contribution in [3.8, 4) is 0 Å². The van der Waals surface area contributed by atoms with E-state index >= 15 is 0 Å². The second kappa shape index (κ2) is 2.82. The third-order valence-corrected chi connectivity index (χ3v) is 1.58. The molecule has 0 fully saturated rings. The molecule has 0 aromatic heterocycles. The minimum atomic E-state index is -0.135. The lowest BCUT2D eigenvalue weighted by atomic mass is 10.0. The summed E-state index contributed by atoms with van der Waals surface area (Å²) in [6, 6.07) is 0. The van der Waals surface area contributed by atoms with Gasteiger partial charge < -0.3 is 10.1 Å². The molecule has 1 heterocycles. The van der Waals surface area contributed by atoms with Crippen LogP contribution in [0, 0.1) is 0 Å². The van der Waals surface area contributed by atoms with Gasteiger partial charge in [-0.1, -0.05) is 6.58 Å². The van der Waals surface area contributed by atoms with E-state index in [0.29, 0.717) is 0 Å². The Morgan fingerprint density at radius 3 is 3.00 bits per heavy atom. The van der Waals surface area contributed by atoms with Gasteiger partial charge in [-0.05, 0) is 32.2 Å². The Morgan fingerprint density at radius 2 is 2.45 bits per heavy atom. The van der Waals surface area contributed by atoms with Gasteiger partial charge in [-0.15, -0.1) is 0 Å². The van der Waals surface area contributed by atoms with Gasteiger partial charge in [-0.25, -0.2) is 0 Å². The summed E-state index contributed by atoms with van der Waals surface area (Å²) in [6.45, 7) is 7.59. The molecule has 0 aliphatic carbocycles. The van der Waals surface area contributed by atoms with Crippen molar-refractivity contribution in [3.05, 3.63) is 37.0 Å². The molecule has 0 saturated heterocycles. The molecular weight excluding hydrogens is 138 g/mol. The van der Waals surface area contributed by atoms with Crippen molar-refractivity contribution in [3.63, 3.8) is 0 Å². The van der Waals surface area contributed by atoms with Crippen LogP contribution in [0.2, 0.25) is 0 Å². The van der Waals surface area contributed by atoms with E-state index in [4.69, 9.17) is 4.74 Å². The highest BCUT2D eigenvalue weighted by atomic mass is 16.5. The van der Waals surface area contributed by atoms with Gasteiger partial charge in [0.05, 0.1) is 17.6 Å². The normalized spacial score (nSPS) is 28.7. The molecule has 0 aromatic carbocycles. The van der Waals surface area contributed by atoms with E-state index < -0.39 is 0 Å². The number of ether oxygens (including phenoxy) is 1. The minimum absolute atomic E-state index is 0.135. The van der Waals surface area contributed by atoms with Crippen LogP contribution in [-0.4, -0.2) is 5.54 Å². The molecular formula is C9H13NO. The Hall–Kier alpha value is -1.18. The molecule has 60 valence electrons. The zero-order valence-corrected chi connectivity index (χ0v) is 6.92. The third-order valence-electron chi connectivity index (χ3n) is 1.58. The first-order valence-electron chi connectivity index (χ1n) is 3.59. The van der Waals surface area contributed by atoms with E-state index in [1.807, 2.05) is 19.1 Å². The highest BCUT2D eigenvalue weighted by Gasteiger charge is 2.18. The molecule has 1 aliphatic rings. The fourth-order valence-electron chi connectivity index (χ4n) is 1.10. The molecule has 0 saturated carbocycles. The van der Waals surface area contributed by atoms with Crippen LogP contribution in [0.4, 0.5) is 0 Å². The summed E-state index contributed by atoms with van der Waals surface area (Å²) < 4.78 is 5.13. The number of allylic oxidation sites excluding steroid dienone is 1. The maximum Gasteiger partial charge on any atom is 0.0987 e. The Bertz CT molecular complexity index is 218. The zero-order valence-electron chi connectivity index (χ0n) is 6.92. The lowest BCUT2D eigenvalue weighted by Crippen LogP contribution is -2.35. The Labute approximate surface area is 67.2 Å². The predicted octanol–water partition coefficient (Wildman–Crippen LogP) is 1.93. The Kier molecular flexibility index (Phi) is 2.03. The van der Waals surface area contributed by atoms with E-state index in [1.165, 1.54) is 0 Å². The number of rotatable bonds is 2. The van der Waals surface area contributed by atoms with Crippen LogP contribution in [-0.2, 0) is 4.74 Å². The number of hydrogen-bond donors (Lipinski definition) is 1. The summed E-state index contributed by atoms with van der Waals surface area (Å²) in [4.78, 5) is 0. The van der Waals surface area contributed by atoms with Crippen molar-refractivity contribution in [2.24, 2.45) is 0 Å². The first-order valence-corrected chi connectivity index (χ1v) is 3.59. The number of hydrogen-bond acceptors (Lipinski definition) is 2. The van der Waals surface area contributed by atoms with Crippen molar-refractivity contribution in [1.29, 1.82) is 0 Å². The first-order chi connectivity index (χ1) is 5.16. The summed E-state index contributed by atoms with van der Waals surface area (Å²) in [6.07, 6.45) is 7.32.